The molecule has 0 aliphatic carbocycles. The van der Waals surface area contributed by atoms with E-state index in [0.717, 1.165) is 11.5 Å². The summed E-state index contributed by atoms with van der Waals surface area (Å²) in [6.07, 6.45) is 0. The zero-order valence-corrected chi connectivity index (χ0v) is 10.8. The third-order valence-corrected chi connectivity index (χ3v) is 4.33. The molecule has 0 radical (unpaired) electrons. The minimum atomic E-state index is -0.987. The number of hydrogen-bond donors (Lipinski definition) is 2. The van der Waals surface area contributed by atoms with Crippen LogP contribution in [0.2, 0.25) is 0 Å². The number of aliphatic carboxylic acids is 1. The summed E-state index contributed by atoms with van der Waals surface area (Å²) in [6, 6.07) is 5.78. The first-order chi connectivity index (χ1) is 8.11. The Morgan fingerprint density at radius 1 is 1.41 bits per heavy atom. The molecule has 0 amide bonds. The monoisotopic (exact) mass is 275 g/mol. The van der Waals surface area contributed by atoms with Gasteiger partial charge in [0.05, 0.1) is 0 Å². The average molecular weight is 275 g/mol. The zero-order chi connectivity index (χ0) is 12.7. The molecule has 1 atom stereocenters. The Hall–Kier alpha value is -0.720. The van der Waals surface area contributed by atoms with Gasteiger partial charge in [-0.3, -0.25) is 4.79 Å². The molecule has 0 heterocycles. The zero-order valence-electron chi connectivity index (χ0n) is 9.14. The van der Waals surface area contributed by atoms with Crippen molar-refractivity contribution < 1.29 is 14.3 Å². The number of halogens is 1. The largest absolute Gasteiger partial charge is 0.480 e. The van der Waals surface area contributed by atoms with E-state index in [-0.39, 0.29) is 5.82 Å². The van der Waals surface area contributed by atoms with Crippen molar-refractivity contribution in [2.24, 2.45) is 5.73 Å². The number of carboxylic acids is 1. The molecule has 6 heteroatoms. The molecular weight excluding hydrogens is 261 g/mol. The highest BCUT2D eigenvalue weighted by Crippen LogP contribution is 2.22. The fraction of sp³-hybridized carbons (Fsp3) is 0.364. The van der Waals surface area contributed by atoms with Crippen molar-refractivity contribution in [3.05, 3.63) is 30.1 Å². The van der Waals surface area contributed by atoms with Crippen LogP contribution in [0.25, 0.3) is 0 Å². The maximum atomic E-state index is 13.2. The Bertz CT molecular complexity index is 376. The van der Waals surface area contributed by atoms with Crippen LogP contribution < -0.4 is 5.73 Å². The van der Waals surface area contributed by atoms with E-state index in [1.807, 2.05) is 0 Å². The minimum absolute atomic E-state index is 0.218. The lowest BCUT2D eigenvalue weighted by molar-refractivity contribution is -0.137. The highest BCUT2D eigenvalue weighted by molar-refractivity contribution is 8.03. The number of nitrogens with two attached hydrogens (primary N) is 1. The van der Waals surface area contributed by atoms with Gasteiger partial charge in [0.25, 0.3) is 0 Å². The Morgan fingerprint density at radius 3 is 2.76 bits per heavy atom. The first-order valence-electron chi connectivity index (χ1n) is 5.04. The van der Waals surface area contributed by atoms with E-state index in [1.54, 1.807) is 18.2 Å². The van der Waals surface area contributed by atoms with Crippen molar-refractivity contribution in [1.29, 1.82) is 0 Å². The second kappa shape index (κ2) is 7.58. The molecule has 3 N–H and O–H groups in total. The highest BCUT2D eigenvalue weighted by Gasteiger charge is 2.10. The van der Waals surface area contributed by atoms with E-state index in [1.165, 1.54) is 29.6 Å². The predicted molar refractivity (Wildman–Crippen MR) is 70.1 cm³/mol. The van der Waals surface area contributed by atoms with Crippen molar-refractivity contribution in [3.8, 4) is 0 Å². The van der Waals surface area contributed by atoms with E-state index in [0.29, 0.717) is 10.6 Å². The Balaban J connectivity index is 2.17. The molecule has 17 heavy (non-hydrogen) atoms. The molecule has 1 aromatic carbocycles. The number of benzene rings is 1. The van der Waals surface area contributed by atoms with E-state index >= 15 is 0 Å². The second-order valence-electron chi connectivity index (χ2n) is 3.30. The maximum Gasteiger partial charge on any atom is 0.321 e. The lowest BCUT2D eigenvalue weighted by Crippen LogP contribution is -2.32. The summed E-state index contributed by atoms with van der Waals surface area (Å²) in [7, 11) is 0. The average Bonchev–Trinajstić information content (AvgIpc) is 2.30. The van der Waals surface area contributed by atoms with Gasteiger partial charge in [0.1, 0.15) is 11.9 Å². The lowest BCUT2D eigenvalue weighted by atomic mass is 10.3. The summed E-state index contributed by atoms with van der Waals surface area (Å²) in [5, 5.41) is 8.56. The van der Waals surface area contributed by atoms with Gasteiger partial charge in [-0.05, 0) is 12.1 Å². The van der Waals surface area contributed by atoms with E-state index in [2.05, 4.69) is 0 Å². The van der Waals surface area contributed by atoms with Gasteiger partial charge in [0.15, 0.2) is 0 Å². The third-order valence-electron chi connectivity index (χ3n) is 1.94. The maximum absolute atomic E-state index is 13.2. The summed E-state index contributed by atoms with van der Waals surface area (Å²) in [5.41, 5.74) is 5.35. The molecule has 0 bridgehead atoms. The molecule has 0 saturated heterocycles. The van der Waals surface area contributed by atoms with Gasteiger partial charge in [-0.15, -0.1) is 11.8 Å². The molecule has 0 fully saturated rings. The van der Waals surface area contributed by atoms with Crippen LogP contribution in [-0.2, 0) is 4.79 Å². The van der Waals surface area contributed by atoms with Gasteiger partial charge in [0, 0.05) is 22.2 Å². The fourth-order valence-electron chi connectivity index (χ4n) is 1.05. The second-order valence-corrected chi connectivity index (χ2v) is 5.59. The van der Waals surface area contributed by atoms with E-state index < -0.39 is 12.0 Å². The summed E-state index contributed by atoms with van der Waals surface area (Å²) in [5.74, 6) is 0.662. The van der Waals surface area contributed by atoms with Gasteiger partial charge >= 0.3 is 5.97 Å². The lowest BCUT2D eigenvalue weighted by Gasteiger charge is -2.06. The predicted octanol–water partition coefficient (Wildman–Crippen LogP) is 2.06. The van der Waals surface area contributed by atoms with Crippen LogP contribution in [0, 0.1) is 5.82 Å². The molecule has 1 unspecified atom stereocenters. The van der Waals surface area contributed by atoms with Crippen LogP contribution >= 0.6 is 23.5 Å². The van der Waals surface area contributed by atoms with Crippen LogP contribution in [0.1, 0.15) is 0 Å². The van der Waals surface area contributed by atoms with Crippen molar-refractivity contribution in [2.75, 3.05) is 17.3 Å². The molecule has 0 spiro atoms. The standard InChI is InChI=1S/C11H14FNO2S2/c12-8-3-1-2-4-10(8)17-6-5-16-7-9(13)11(14)15/h1-4,9H,5-7,13H2,(H,14,15). The van der Waals surface area contributed by atoms with Crippen molar-refractivity contribution in [2.45, 2.75) is 10.9 Å². The number of rotatable bonds is 7. The smallest absolute Gasteiger partial charge is 0.321 e. The summed E-state index contributed by atoms with van der Waals surface area (Å²) in [4.78, 5) is 11.1. The van der Waals surface area contributed by atoms with Gasteiger partial charge in [-0.25, -0.2) is 4.39 Å². The highest BCUT2D eigenvalue weighted by atomic mass is 32.2. The molecule has 1 rings (SSSR count). The Labute approximate surface area is 108 Å². The molecule has 1 aromatic rings. The van der Waals surface area contributed by atoms with Crippen LogP contribution in [-0.4, -0.2) is 34.4 Å². The van der Waals surface area contributed by atoms with Crippen molar-refractivity contribution in [1.82, 2.24) is 0 Å². The van der Waals surface area contributed by atoms with Gasteiger partial charge in [0.2, 0.25) is 0 Å². The van der Waals surface area contributed by atoms with Crippen molar-refractivity contribution in [3.63, 3.8) is 0 Å². The van der Waals surface area contributed by atoms with Crippen LogP contribution in [0.5, 0.6) is 0 Å². The molecular formula is C11H14FNO2S2. The first kappa shape index (κ1) is 14.3. The summed E-state index contributed by atoms with van der Waals surface area (Å²) in [6.45, 7) is 0. The van der Waals surface area contributed by atoms with Crippen LogP contribution in [0.15, 0.2) is 29.2 Å². The van der Waals surface area contributed by atoms with Gasteiger partial charge < -0.3 is 10.8 Å². The topological polar surface area (TPSA) is 63.3 Å². The molecule has 0 aliphatic heterocycles. The first-order valence-corrected chi connectivity index (χ1v) is 7.18. The number of hydrogen-bond acceptors (Lipinski definition) is 4. The quantitative estimate of drug-likeness (QED) is 0.589. The number of thioether (sulfide) groups is 2. The number of carbonyl (C=O) groups is 1. The third kappa shape index (κ3) is 5.43. The fourth-order valence-corrected chi connectivity index (χ4v) is 3.02. The summed E-state index contributed by atoms with van der Waals surface area (Å²) < 4.78 is 13.2. The van der Waals surface area contributed by atoms with E-state index in [4.69, 9.17) is 10.8 Å². The molecule has 0 aromatic heterocycles. The Kier molecular flexibility index (Phi) is 6.39. The normalized spacial score (nSPS) is 12.4. The number of carboxylic acid groups (broad SMARTS) is 1. The molecule has 3 nitrogen and oxygen atoms in total. The minimum Gasteiger partial charge on any atom is -0.480 e. The van der Waals surface area contributed by atoms with Gasteiger partial charge in [-0.1, -0.05) is 12.1 Å². The van der Waals surface area contributed by atoms with Crippen molar-refractivity contribution >= 4 is 29.5 Å². The summed E-state index contributed by atoms with van der Waals surface area (Å²) >= 11 is 2.89. The van der Waals surface area contributed by atoms with Crippen LogP contribution in [0.4, 0.5) is 4.39 Å². The Morgan fingerprint density at radius 2 is 2.12 bits per heavy atom. The molecule has 0 aliphatic rings. The van der Waals surface area contributed by atoms with E-state index in [9.17, 15) is 9.18 Å². The van der Waals surface area contributed by atoms with Crippen LogP contribution in [0.3, 0.4) is 0 Å². The van der Waals surface area contributed by atoms with Gasteiger partial charge in [-0.2, -0.15) is 11.8 Å². The SMILES string of the molecule is NC(CSCCSc1ccccc1F)C(=O)O. The molecule has 94 valence electrons. The molecule has 0 saturated carbocycles.